The predicted molar refractivity (Wildman–Crippen MR) is 114 cm³/mol. The molecule has 0 atom stereocenters. The van der Waals surface area contributed by atoms with Crippen molar-refractivity contribution in [2.45, 2.75) is 0 Å². The molecule has 0 radical (unpaired) electrons. The van der Waals surface area contributed by atoms with Crippen LogP contribution in [0.5, 0.6) is 11.5 Å². The SMILES string of the molecule is COC(=O)c1ccc(OC(=O)c2ccc([N+](=O)[O-])cc2)c(OC(=O)c2ccc([N+](=O)[O-])cc2)c1. The highest BCUT2D eigenvalue weighted by molar-refractivity contribution is 5.95. The molecule has 0 bridgehead atoms. The van der Waals surface area contributed by atoms with E-state index in [2.05, 4.69) is 4.74 Å². The fourth-order valence-corrected chi connectivity index (χ4v) is 2.67. The molecule has 0 fully saturated rings. The number of rotatable bonds is 7. The quantitative estimate of drug-likeness (QED) is 0.217. The van der Waals surface area contributed by atoms with Crippen LogP contribution in [0.3, 0.4) is 0 Å². The Labute approximate surface area is 190 Å². The highest BCUT2D eigenvalue weighted by Crippen LogP contribution is 2.31. The second kappa shape index (κ2) is 9.99. The van der Waals surface area contributed by atoms with E-state index in [1.165, 1.54) is 36.4 Å². The van der Waals surface area contributed by atoms with Gasteiger partial charge >= 0.3 is 17.9 Å². The largest absolute Gasteiger partial charge is 0.465 e. The lowest BCUT2D eigenvalue weighted by Gasteiger charge is -2.12. The van der Waals surface area contributed by atoms with Gasteiger partial charge in [-0.15, -0.1) is 0 Å². The average molecular weight is 466 g/mol. The third-order valence-electron chi connectivity index (χ3n) is 4.40. The molecule has 0 aromatic heterocycles. The van der Waals surface area contributed by atoms with Crippen LogP contribution in [-0.2, 0) is 4.74 Å². The standard InChI is InChI=1S/C22H14N2O10/c1-32-20(25)15-6-11-18(33-21(26)13-2-7-16(8-3-13)23(28)29)19(12-15)34-22(27)14-4-9-17(10-5-14)24(30)31/h2-12H,1H3. The van der Waals surface area contributed by atoms with Gasteiger partial charge in [-0.3, -0.25) is 20.2 Å². The number of ether oxygens (including phenoxy) is 3. The normalized spacial score (nSPS) is 10.1. The average Bonchev–Trinajstić information content (AvgIpc) is 2.84. The Kier molecular flexibility index (Phi) is 6.92. The number of carbonyl (C=O) groups excluding carboxylic acids is 3. The Bertz CT molecular complexity index is 1280. The van der Waals surface area contributed by atoms with Crippen molar-refractivity contribution in [2.75, 3.05) is 7.11 Å². The Balaban J connectivity index is 1.88. The van der Waals surface area contributed by atoms with Crippen molar-refractivity contribution in [3.05, 3.63) is 104 Å². The van der Waals surface area contributed by atoms with Gasteiger partial charge in [0.05, 0.1) is 33.6 Å². The van der Waals surface area contributed by atoms with Crippen LogP contribution < -0.4 is 9.47 Å². The molecule has 172 valence electrons. The molecule has 0 aliphatic rings. The number of carbonyl (C=O) groups is 3. The topological polar surface area (TPSA) is 165 Å². The van der Waals surface area contributed by atoms with E-state index in [1.54, 1.807) is 0 Å². The summed E-state index contributed by atoms with van der Waals surface area (Å²) in [5, 5.41) is 21.6. The number of benzene rings is 3. The summed E-state index contributed by atoms with van der Waals surface area (Å²) in [5.41, 5.74) is -0.528. The third kappa shape index (κ3) is 5.37. The lowest BCUT2D eigenvalue weighted by atomic mass is 10.2. The van der Waals surface area contributed by atoms with Crippen molar-refractivity contribution in [1.29, 1.82) is 0 Å². The first kappa shape index (κ1) is 23.5. The maximum Gasteiger partial charge on any atom is 0.343 e. The molecule has 0 aliphatic heterocycles. The summed E-state index contributed by atoms with van der Waals surface area (Å²) in [6.45, 7) is 0. The molecule has 0 aliphatic carbocycles. The minimum Gasteiger partial charge on any atom is -0.465 e. The van der Waals surface area contributed by atoms with Gasteiger partial charge in [0.1, 0.15) is 0 Å². The fourth-order valence-electron chi connectivity index (χ4n) is 2.67. The molecule has 0 heterocycles. The number of esters is 3. The Morgan fingerprint density at radius 2 is 1.03 bits per heavy atom. The first-order valence-electron chi connectivity index (χ1n) is 9.35. The fraction of sp³-hybridized carbons (Fsp3) is 0.0455. The summed E-state index contributed by atoms with van der Waals surface area (Å²) in [6.07, 6.45) is 0. The van der Waals surface area contributed by atoms with Crippen molar-refractivity contribution < 1.29 is 38.4 Å². The molecule has 12 heteroatoms. The molecule has 0 unspecified atom stereocenters. The van der Waals surface area contributed by atoms with Gasteiger partial charge in [0.25, 0.3) is 11.4 Å². The summed E-state index contributed by atoms with van der Waals surface area (Å²) < 4.78 is 15.2. The van der Waals surface area contributed by atoms with Crippen molar-refractivity contribution in [3.8, 4) is 11.5 Å². The summed E-state index contributed by atoms with van der Waals surface area (Å²) in [7, 11) is 1.15. The van der Waals surface area contributed by atoms with Crippen LogP contribution in [0.2, 0.25) is 0 Å². The van der Waals surface area contributed by atoms with E-state index in [-0.39, 0.29) is 39.6 Å². The van der Waals surface area contributed by atoms with E-state index in [0.29, 0.717) is 0 Å². The second-order valence-electron chi connectivity index (χ2n) is 6.54. The number of nitro groups is 2. The van der Waals surface area contributed by atoms with Gasteiger partial charge in [-0.1, -0.05) is 0 Å². The van der Waals surface area contributed by atoms with Gasteiger partial charge < -0.3 is 14.2 Å². The van der Waals surface area contributed by atoms with E-state index in [1.807, 2.05) is 0 Å². The molecule has 12 nitrogen and oxygen atoms in total. The highest BCUT2D eigenvalue weighted by atomic mass is 16.6. The Morgan fingerprint density at radius 3 is 1.44 bits per heavy atom. The molecular formula is C22H14N2O10. The van der Waals surface area contributed by atoms with Gasteiger partial charge in [-0.05, 0) is 42.5 Å². The number of hydrogen-bond donors (Lipinski definition) is 0. The first-order chi connectivity index (χ1) is 16.2. The van der Waals surface area contributed by atoms with E-state index in [0.717, 1.165) is 37.4 Å². The zero-order valence-electron chi connectivity index (χ0n) is 17.3. The van der Waals surface area contributed by atoms with Gasteiger partial charge in [0.15, 0.2) is 11.5 Å². The van der Waals surface area contributed by atoms with Crippen LogP contribution in [0.4, 0.5) is 11.4 Å². The minimum atomic E-state index is -0.940. The summed E-state index contributed by atoms with van der Waals surface area (Å²) >= 11 is 0. The van der Waals surface area contributed by atoms with E-state index in [9.17, 15) is 34.6 Å². The van der Waals surface area contributed by atoms with Crippen molar-refractivity contribution in [1.82, 2.24) is 0 Å². The predicted octanol–water partition coefficient (Wildman–Crippen LogP) is 3.73. The van der Waals surface area contributed by atoms with Crippen LogP contribution in [0.15, 0.2) is 66.7 Å². The van der Waals surface area contributed by atoms with Crippen LogP contribution in [0.1, 0.15) is 31.1 Å². The van der Waals surface area contributed by atoms with E-state index in [4.69, 9.17) is 9.47 Å². The molecular weight excluding hydrogens is 452 g/mol. The van der Waals surface area contributed by atoms with Gasteiger partial charge in [0, 0.05) is 24.3 Å². The monoisotopic (exact) mass is 466 g/mol. The Morgan fingerprint density at radius 1 is 0.618 bits per heavy atom. The van der Waals surface area contributed by atoms with Crippen LogP contribution in [0.25, 0.3) is 0 Å². The molecule has 3 aromatic rings. The third-order valence-corrected chi connectivity index (χ3v) is 4.40. The summed E-state index contributed by atoms with van der Waals surface area (Å²) in [5.74, 6) is -3.13. The molecule has 3 rings (SSSR count). The highest BCUT2D eigenvalue weighted by Gasteiger charge is 2.20. The number of nitro benzene ring substituents is 2. The summed E-state index contributed by atoms with van der Waals surface area (Å²) in [6, 6.07) is 12.8. The molecule has 0 saturated heterocycles. The molecule has 0 spiro atoms. The zero-order chi connectivity index (χ0) is 24.8. The Hall–Kier alpha value is -5.13. The molecule has 0 saturated carbocycles. The number of non-ortho nitro benzene ring substituents is 2. The number of nitrogens with zero attached hydrogens (tertiary/aromatic N) is 2. The number of hydrogen-bond acceptors (Lipinski definition) is 10. The van der Waals surface area contributed by atoms with Gasteiger partial charge in [-0.2, -0.15) is 0 Å². The van der Waals surface area contributed by atoms with Crippen molar-refractivity contribution in [2.24, 2.45) is 0 Å². The minimum absolute atomic E-state index is 0.0101. The lowest BCUT2D eigenvalue weighted by Crippen LogP contribution is -2.13. The molecule has 0 N–H and O–H groups in total. The number of methoxy groups -OCH3 is 1. The van der Waals surface area contributed by atoms with Crippen LogP contribution in [0, 0.1) is 20.2 Å². The van der Waals surface area contributed by atoms with E-state index < -0.39 is 27.8 Å². The maximum atomic E-state index is 12.5. The molecule has 0 amide bonds. The van der Waals surface area contributed by atoms with Gasteiger partial charge in [-0.25, -0.2) is 14.4 Å². The van der Waals surface area contributed by atoms with Crippen LogP contribution >= 0.6 is 0 Å². The smallest absolute Gasteiger partial charge is 0.343 e. The summed E-state index contributed by atoms with van der Waals surface area (Å²) in [4.78, 5) is 57.2. The first-order valence-corrected chi connectivity index (χ1v) is 9.35. The van der Waals surface area contributed by atoms with Crippen molar-refractivity contribution in [3.63, 3.8) is 0 Å². The van der Waals surface area contributed by atoms with Crippen LogP contribution in [-0.4, -0.2) is 34.9 Å². The maximum absolute atomic E-state index is 12.5. The molecule has 34 heavy (non-hydrogen) atoms. The molecule has 3 aromatic carbocycles. The zero-order valence-corrected chi connectivity index (χ0v) is 17.3. The lowest BCUT2D eigenvalue weighted by molar-refractivity contribution is -0.385. The van der Waals surface area contributed by atoms with Crippen molar-refractivity contribution >= 4 is 29.3 Å². The van der Waals surface area contributed by atoms with E-state index >= 15 is 0 Å². The van der Waals surface area contributed by atoms with Gasteiger partial charge in [0.2, 0.25) is 0 Å². The second-order valence-corrected chi connectivity index (χ2v) is 6.54.